The topological polar surface area (TPSA) is 32.8 Å². The van der Waals surface area contributed by atoms with Gasteiger partial charge in [0.1, 0.15) is 5.75 Å². The van der Waals surface area contributed by atoms with Crippen LogP contribution in [0.25, 0.3) is 0 Å². The number of hydrogen-bond acceptors (Lipinski definition) is 3. The zero-order valence-corrected chi connectivity index (χ0v) is 15.6. The maximum Gasteiger partial charge on any atom is 0.241 e. The Bertz CT molecular complexity index is 655. The van der Waals surface area contributed by atoms with Gasteiger partial charge in [-0.1, -0.05) is 30.3 Å². The Morgan fingerprint density at radius 3 is 2.28 bits per heavy atom. The Morgan fingerprint density at radius 1 is 1.08 bits per heavy atom. The lowest BCUT2D eigenvalue weighted by Gasteiger charge is -2.28. The van der Waals surface area contributed by atoms with Crippen LogP contribution >= 0.6 is 0 Å². The number of anilines is 1. The SMILES string of the molecule is CCN(C(=O)CN(C)C(C)Cc1ccc(OC)cc1)c1ccccc1. The zero-order chi connectivity index (χ0) is 18.2. The minimum absolute atomic E-state index is 0.123. The van der Waals surface area contributed by atoms with E-state index in [4.69, 9.17) is 4.74 Å². The quantitative estimate of drug-likeness (QED) is 0.736. The first-order valence-corrected chi connectivity index (χ1v) is 8.73. The van der Waals surface area contributed by atoms with Crippen LogP contribution in [0.5, 0.6) is 5.75 Å². The monoisotopic (exact) mass is 340 g/mol. The average Bonchev–Trinajstić information content (AvgIpc) is 2.63. The van der Waals surface area contributed by atoms with Crippen molar-refractivity contribution in [3.05, 3.63) is 60.2 Å². The fraction of sp³-hybridized carbons (Fsp3) is 0.381. The Balaban J connectivity index is 1.94. The van der Waals surface area contributed by atoms with Crippen molar-refractivity contribution >= 4 is 11.6 Å². The summed E-state index contributed by atoms with van der Waals surface area (Å²) >= 11 is 0. The van der Waals surface area contributed by atoms with Crippen molar-refractivity contribution in [1.82, 2.24) is 4.90 Å². The van der Waals surface area contributed by atoms with Crippen LogP contribution in [0.3, 0.4) is 0 Å². The lowest BCUT2D eigenvalue weighted by atomic mass is 10.1. The van der Waals surface area contributed by atoms with E-state index in [2.05, 4.69) is 24.0 Å². The summed E-state index contributed by atoms with van der Waals surface area (Å²) in [6.45, 7) is 5.23. The summed E-state index contributed by atoms with van der Waals surface area (Å²) < 4.78 is 5.19. The third-order valence-corrected chi connectivity index (χ3v) is 4.51. The number of nitrogens with zero attached hydrogens (tertiary/aromatic N) is 2. The van der Waals surface area contributed by atoms with Gasteiger partial charge in [-0.15, -0.1) is 0 Å². The number of methoxy groups -OCH3 is 1. The molecule has 4 nitrogen and oxygen atoms in total. The second kappa shape index (κ2) is 9.23. The number of benzene rings is 2. The van der Waals surface area contributed by atoms with Gasteiger partial charge in [0.2, 0.25) is 5.91 Å². The average molecular weight is 340 g/mol. The van der Waals surface area contributed by atoms with Crippen molar-refractivity contribution in [1.29, 1.82) is 0 Å². The summed E-state index contributed by atoms with van der Waals surface area (Å²) in [4.78, 5) is 16.6. The molecule has 0 saturated heterocycles. The molecule has 4 heteroatoms. The molecule has 0 aliphatic carbocycles. The molecule has 2 rings (SSSR count). The molecule has 2 aromatic carbocycles. The van der Waals surface area contributed by atoms with Crippen LogP contribution in [-0.2, 0) is 11.2 Å². The summed E-state index contributed by atoms with van der Waals surface area (Å²) in [5.74, 6) is 0.985. The molecule has 0 spiro atoms. The van der Waals surface area contributed by atoms with Crippen LogP contribution in [0, 0.1) is 0 Å². The number of carbonyl (C=O) groups excluding carboxylic acids is 1. The van der Waals surface area contributed by atoms with Crippen molar-refractivity contribution in [2.24, 2.45) is 0 Å². The van der Waals surface area contributed by atoms with E-state index in [0.717, 1.165) is 17.9 Å². The molecule has 134 valence electrons. The van der Waals surface area contributed by atoms with Gasteiger partial charge in [0.25, 0.3) is 0 Å². The van der Waals surface area contributed by atoms with Gasteiger partial charge in [-0.2, -0.15) is 0 Å². The summed E-state index contributed by atoms with van der Waals surface area (Å²) in [5.41, 5.74) is 2.19. The van der Waals surface area contributed by atoms with Crippen molar-refractivity contribution < 1.29 is 9.53 Å². The summed E-state index contributed by atoms with van der Waals surface area (Å²) in [6, 6.07) is 18.2. The van der Waals surface area contributed by atoms with Gasteiger partial charge in [0.15, 0.2) is 0 Å². The minimum Gasteiger partial charge on any atom is -0.497 e. The summed E-state index contributed by atoms with van der Waals surface area (Å²) in [7, 11) is 3.67. The maximum absolute atomic E-state index is 12.7. The predicted octanol–water partition coefficient (Wildman–Crippen LogP) is 3.61. The molecule has 0 aromatic heterocycles. The van der Waals surface area contributed by atoms with E-state index in [-0.39, 0.29) is 11.9 Å². The van der Waals surface area contributed by atoms with E-state index in [1.807, 2.05) is 61.3 Å². The molecule has 0 radical (unpaired) electrons. The van der Waals surface area contributed by atoms with Crippen molar-refractivity contribution in [3.63, 3.8) is 0 Å². The number of carbonyl (C=O) groups is 1. The number of likely N-dealkylation sites (N-methyl/N-ethyl adjacent to an activating group) is 2. The molecule has 0 N–H and O–H groups in total. The second-order valence-corrected chi connectivity index (χ2v) is 6.29. The van der Waals surface area contributed by atoms with E-state index in [9.17, 15) is 4.79 Å². The van der Waals surface area contributed by atoms with Crippen LogP contribution in [0.4, 0.5) is 5.69 Å². The highest BCUT2D eigenvalue weighted by Crippen LogP contribution is 2.16. The van der Waals surface area contributed by atoms with E-state index in [0.29, 0.717) is 13.1 Å². The van der Waals surface area contributed by atoms with Crippen LogP contribution in [0.15, 0.2) is 54.6 Å². The molecule has 1 amide bonds. The van der Waals surface area contributed by atoms with Crippen molar-refractivity contribution in [2.75, 3.05) is 32.1 Å². The van der Waals surface area contributed by atoms with E-state index < -0.39 is 0 Å². The summed E-state index contributed by atoms with van der Waals surface area (Å²) in [5, 5.41) is 0. The van der Waals surface area contributed by atoms with Gasteiger partial charge in [-0.3, -0.25) is 9.69 Å². The third kappa shape index (κ3) is 5.33. The Labute approximate surface area is 151 Å². The van der Waals surface area contributed by atoms with E-state index in [1.54, 1.807) is 7.11 Å². The third-order valence-electron chi connectivity index (χ3n) is 4.51. The van der Waals surface area contributed by atoms with E-state index in [1.165, 1.54) is 5.56 Å². The fourth-order valence-corrected chi connectivity index (χ4v) is 2.82. The molecule has 1 unspecified atom stereocenters. The lowest BCUT2D eigenvalue weighted by Crippen LogP contribution is -2.42. The van der Waals surface area contributed by atoms with Crippen LogP contribution in [0.1, 0.15) is 19.4 Å². The molecule has 1 atom stereocenters. The predicted molar refractivity (Wildman–Crippen MR) is 103 cm³/mol. The van der Waals surface area contributed by atoms with Gasteiger partial charge in [-0.05, 0) is 57.1 Å². The maximum atomic E-state index is 12.7. The van der Waals surface area contributed by atoms with Crippen molar-refractivity contribution in [3.8, 4) is 5.75 Å². The first-order valence-electron chi connectivity index (χ1n) is 8.73. The Kier molecular flexibility index (Phi) is 7.02. The van der Waals surface area contributed by atoms with Crippen LogP contribution in [0.2, 0.25) is 0 Å². The molecule has 0 fully saturated rings. The summed E-state index contributed by atoms with van der Waals surface area (Å²) in [6.07, 6.45) is 0.894. The molecule has 0 aliphatic rings. The molecular weight excluding hydrogens is 312 g/mol. The minimum atomic E-state index is 0.123. The van der Waals surface area contributed by atoms with E-state index >= 15 is 0 Å². The lowest BCUT2D eigenvalue weighted by molar-refractivity contribution is -0.119. The number of rotatable bonds is 8. The van der Waals surface area contributed by atoms with Gasteiger partial charge in [-0.25, -0.2) is 0 Å². The first-order chi connectivity index (χ1) is 12.0. The standard InChI is InChI=1S/C21H28N2O2/c1-5-23(19-9-7-6-8-10-19)21(24)16-22(3)17(2)15-18-11-13-20(25-4)14-12-18/h6-14,17H,5,15-16H2,1-4H3. The van der Waals surface area contributed by atoms with Crippen LogP contribution < -0.4 is 9.64 Å². The van der Waals surface area contributed by atoms with Gasteiger partial charge < -0.3 is 9.64 Å². The highest BCUT2D eigenvalue weighted by molar-refractivity contribution is 5.94. The molecule has 2 aromatic rings. The Hall–Kier alpha value is -2.33. The fourth-order valence-electron chi connectivity index (χ4n) is 2.82. The molecule has 0 bridgehead atoms. The number of amides is 1. The van der Waals surface area contributed by atoms with Gasteiger partial charge in [0.05, 0.1) is 13.7 Å². The number of para-hydroxylation sites is 1. The van der Waals surface area contributed by atoms with Crippen molar-refractivity contribution in [2.45, 2.75) is 26.3 Å². The largest absolute Gasteiger partial charge is 0.497 e. The van der Waals surface area contributed by atoms with Crippen LogP contribution in [-0.4, -0.2) is 44.1 Å². The number of ether oxygens (including phenoxy) is 1. The Morgan fingerprint density at radius 2 is 1.72 bits per heavy atom. The smallest absolute Gasteiger partial charge is 0.241 e. The van der Waals surface area contributed by atoms with Gasteiger partial charge in [0, 0.05) is 18.3 Å². The highest BCUT2D eigenvalue weighted by Gasteiger charge is 2.18. The first kappa shape index (κ1) is 19.0. The molecule has 0 heterocycles. The highest BCUT2D eigenvalue weighted by atomic mass is 16.5. The van der Waals surface area contributed by atoms with Gasteiger partial charge >= 0.3 is 0 Å². The normalized spacial score (nSPS) is 12.0. The molecule has 0 saturated carbocycles. The second-order valence-electron chi connectivity index (χ2n) is 6.29. The number of hydrogen-bond donors (Lipinski definition) is 0. The molecular formula is C21H28N2O2. The molecule has 25 heavy (non-hydrogen) atoms. The molecule has 0 aliphatic heterocycles. The zero-order valence-electron chi connectivity index (χ0n) is 15.6.